The SMILES string of the molecule is Cc1ccc(NC(=O)C2CCC(C(F)(F)F)CC2)cc1N. The number of anilines is 2. The number of nitrogens with two attached hydrogens (primary N) is 1. The fraction of sp³-hybridized carbons (Fsp3) is 0.533. The van der Waals surface area contributed by atoms with Crippen LogP contribution in [0.1, 0.15) is 31.2 Å². The third-order valence-electron chi connectivity index (χ3n) is 4.11. The molecule has 0 radical (unpaired) electrons. The summed E-state index contributed by atoms with van der Waals surface area (Å²) in [5.41, 5.74) is 7.84. The molecule has 3 nitrogen and oxygen atoms in total. The van der Waals surface area contributed by atoms with E-state index in [1.54, 1.807) is 18.2 Å². The van der Waals surface area contributed by atoms with Crippen molar-refractivity contribution in [3.05, 3.63) is 23.8 Å². The summed E-state index contributed by atoms with van der Waals surface area (Å²) in [5, 5.41) is 2.73. The van der Waals surface area contributed by atoms with E-state index in [1.807, 2.05) is 6.92 Å². The summed E-state index contributed by atoms with van der Waals surface area (Å²) < 4.78 is 37.8. The van der Waals surface area contributed by atoms with Crippen molar-refractivity contribution in [2.24, 2.45) is 11.8 Å². The number of carbonyl (C=O) groups excluding carboxylic acids is 1. The topological polar surface area (TPSA) is 55.1 Å². The molecule has 1 fully saturated rings. The van der Waals surface area contributed by atoms with Crippen molar-refractivity contribution in [3.63, 3.8) is 0 Å². The van der Waals surface area contributed by atoms with Gasteiger partial charge in [0.25, 0.3) is 0 Å². The fourth-order valence-corrected chi connectivity index (χ4v) is 2.65. The maximum absolute atomic E-state index is 12.6. The van der Waals surface area contributed by atoms with Crippen molar-refractivity contribution >= 4 is 17.3 Å². The molecule has 21 heavy (non-hydrogen) atoms. The highest BCUT2D eigenvalue weighted by molar-refractivity contribution is 5.93. The lowest BCUT2D eigenvalue weighted by Gasteiger charge is -2.29. The number of amides is 1. The first-order valence-corrected chi connectivity index (χ1v) is 7.01. The number of rotatable bonds is 2. The zero-order valence-electron chi connectivity index (χ0n) is 11.8. The third-order valence-corrected chi connectivity index (χ3v) is 4.11. The molecule has 0 saturated heterocycles. The largest absolute Gasteiger partial charge is 0.398 e. The van der Waals surface area contributed by atoms with Crippen molar-refractivity contribution in [2.75, 3.05) is 11.1 Å². The van der Waals surface area contributed by atoms with Gasteiger partial charge in [-0.1, -0.05) is 6.07 Å². The number of hydrogen-bond donors (Lipinski definition) is 2. The van der Waals surface area contributed by atoms with E-state index in [0.29, 0.717) is 11.4 Å². The van der Waals surface area contributed by atoms with Crippen LogP contribution >= 0.6 is 0 Å². The second-order valence-electron chi connectivity index (χ2n) is 5.65. The van der Waals surface area contributed by atoms with Crippen molar-refractivity contribution < 1.29 is 18.0 Å². The molecule has 0 heterocycles. The predicted molar refractivity (Wildman–Crippen MR) is 75.7 cm³/mol. The van der Waals surface area contributed by atoms with Gasteiger partial charge in [-0.3, -0.25) is 4.79 Å². The normalized spacial score (nSPS) is 22.9. The molecule has 1 amide bonds. The van der Waals surface area contributed by atoms with E-state index in [9.17, 15) is 18.0 Å². The smallest absolute Gasteiger partial charge is 0.391 e. The van der Waals surface area contributed by atoms with Crippen LogP contribution in [0.25, 0.3) is 0 Å². The lowest BCUT2D eigenvalue weighted by atomic mass is 9.81. The first kappa shape index (κ1) is 15.7. The minimum Gasteiger partial charge on any atom is -0.398 e. The number of alkyl halides is 3. The van der Waals surface area contributed by atoms with Crippen LogP contribution in [0.15, 0.2) is 18.2 Å². The van der Waals surface area contributed by atoms with Gasteiger partial charge in [0.05, 0.1) is 5.92 Å². The number of nitrogen functional groups attached to an aromatic ring is 1. The van der Waals surface area contributed by atoms with Crippen LogP contribution in [0.5, 0.6) is 0 Å². The zero-order chi connectivity index (χ0) is 15.6. The summed E-state index contributed by atoms with van der Waals surface area (Å²) in [6.45, 7) is 1.86. The van der Waals surface area contributed by atoms with Gasteiger partial charge in [-0.25, -0.2) is 0 Å². The lowest BCUT2D eigenvalue weighted by molar-refractivity contribution is -0.184. The molecule has 1 aliphatic rings. The molecule has 1 saturated carbocycles. The molecule has 0 atom stereocenters. The van der Waals surface area contributed by atoms with Crippen LogP contribution in [-0.2, 0) is 4.79 Å². The predicted octanol–water partition coefficient (Wildman–Crippen LogP) is 3.88. The Morgan fingerprint density at radius 3 is 2.38 bits per heavy atom. The van der Waals surface area contributed by atoms with E-state index in [-0.39, 0.29) is 37.5 Å². The molecular weight excluding hydrogens is 281 g/mol. The molecule has 0 bridgehead atoms. The number of nitrogens with one attached hydrogen (secondary N) is 1. The quantitative estimate of drug-likeness (QED) is 0.814. The van der Waals surface area contributed by atoms with Crippen molar-refractivity contribution in [1.82, 2.24) is 0 Å². The van der Waals surface area contributed by atoms with E-state index >= 15 is 0 Å². The lowest BCUT2D eigenvalue weighted by Crippen LogP contribution is -2.32. The van der Waals surface area contributed by atoms with Crippen LogP contribution in [0, 0.1) is 18.8 Å². The Morgan fingerprint density at radius 1 is 1.24 bits per heavy atom. The van der Waals surface area contributed by atoms with E-state index < -0.39 is 12.1 Å². The van der Waals surface area contributed by atoms with Crippen LogP contribution in [0.3, 0.4) is 0 Å². The number of carbonyl (C=O) groups is 1. The monoisotopic (exact) mass is 300 g/mol. The minimum atomic E-state index is -4.15. The van der Waals surface area contributed by atoms with Gasteiger partial charge in [0.2, 0.25) is 5.91 Å². The molecular formula is C15H19F3N2O. The molecule has 0 spiro atoms. The highest BCUT2D eigenvalue weighted by Gasteiger charge is 2.42. The highest BCUT2D eigenvalue weighted by Crippen LogP contribution is 2.39. The molecule has 2 rings (SSSR count). The van der Waals surface area contributed by atoms with Crippen molar-refractivity contribution in [2.45, 2.75) is 38.8 Å². The standard InChI is InChI=1S/C15H19F3N2O/c1-9-2-7-12(8-13(9)19)20-14(21)10-3-5-11(6-4-10)15(16,17)18/h2,7-8,10-11H,3-6,19H2,1H3,(H,20,21). The minimum absolute atomic E-state index is 0.0254. The van der Waals surface area contributed by atoms with Gasteiger partial charge in [0.15, 0.2) is 0 Å². The van der Waals surface area contributed by atoms with Crippen LogP contribution in [0.2, 0.25) is 0 Å². The first-order chi connectivity index (χ1) is 9.77. The Morgan fingerprint density at radius 2 is 1.86 bits per heavy atom. The Bertz CT molecular complexity index is 520. The molecule has 6 heteroatoms. The first-order valence-electron chi connectivity index (χ1n) is 7.01. The van der Waals surface area contributed by atoms with E-state index in [1.165, 1.54) is 0 Å². The van der Waals surface area contributed by atoms with Crippen LogP contribution < -0.4 is 11.1 Å². The summed E-state index contributed by atoms with van der Waals surface area (Å²) in [7, 11) is 0. The van der Waals surface area contributed by atoms with Gasteiger partial charge in [0.1, 0.15) is 0 Å². The Hall–Kier alpha value is -1.72. The fourth-order valence-electron chi connectivity index (χ4n) is 2.65. The molecule has 1 aromatic carbocycles. The Balaban J connectivity index is 1.92. The summed E-state index contributed by atoms with van der Waals surface area (Å²) in [5.74, 6) is -1.85. The molecule has 116 valence electrons. The van der Waals surface area contributed by atoms with Gasteiger partial charge in [-0.05, 0) is 50.3 Å². The molecule has 1 aliphatic carbocycles. The summed E-state index contributed by atoms with van der Waals surface area (Å²) >= 11 is 0. The average Bonchev–Trinajstić information content (AvgIpc) is 2.42. The molecule has 0 aromatic heterocycles. The van der Waals surface area contributed by atoms with Crippen molar-refractivity contribution in [3.8, 4) is 0 Å². The summed E-state index contributed by atoms with van der Waals surface area (Å²) in [4.78, 5) is 12.1. The van der Waals surface area contributed by atoms with E-state index in [2.05, 4.69) is 5.32 Å². The van der Waals surface area contributed by atoms with Gasteiger partial charge in [0, 0.05) is 17.3 Å². The van der Waals surface area contributed by atoms with Crippen LogP contribution in [-0.4, -0.2) is 12.1 Å². The number of hydrogen-bond acceptors (Lipinski definition) is 2. The number of halogens is 3. The van der Waals surface area contributed by atoms with Crippen molar-refractivity contribution in [1.29, 1.82) is 0 Å². The molecule has 0 unspecified atom stereocenters. The van der Waals surface area contributed by atoms with Gasteiger partial charge in [-0.15, -0.1) is 0 Å². The average molecular weight is 300 g/mol. The van der Waals surface area contributed by atoms with Gasteiger partial charge >= 0.3 is 6.18 Å². The third kappa shape index (κ3) is 3.89. The summed E-state index contributed by atoms with van der Waals surface area (Å²) in [6, 6.07) is 5.20. The molecule has 1 aromatic rings. The van der Waals surface area contributed by atoms with E-state index in [0.717, 1.165) is 5.56 Å². The highest BCUT2D eigenvalue weighted by atomic mass is 19.4. The maximum atomic E-state index is 12.6. The van der Waals surface area contributed by atoms with Gasteiger partial charge < -0.3 is 11.1 Å². The maximum Gasteiger partial charge on any atom is 0.391 e. The second kappa shape index (κ2) is 5.95. The Labute approximate surface area is 121 Å². The van der Waals surface area contributed by atoms with Crippen LogP contribution in [0.4, 0.5) is 24.5 Å². The van der Waals surface area contributed by atoms with Gasteiger partial charge in [-0.2, -0.15) is 13.2 Å². The summed E-state index contributed by atoms with van der Waals surface area (Å²) in [6.07, 6.45) is -3.54. The zero-order valence-corrected chi connectivity index (χ0v) is 11.8. The number of benzene rings is 1. The Kier molecular flexibility index (Phi) is 4.44. The van der Waals surface area contributed by atoms with E-state index in [4.69, 9.17) is 5.73 Å². The molecule has 0 aliphatic heterocycles. The number of aryl methyl sites for hydroxylation is 1. The second-order valence-corrected chi connectivity index (χ2v) is 5.65. The molecule has 3 N–H and O–H groups in total.